The van der Waals surface area contributed by atoms with E-state index in [0.29, 0.717) is 0 Å². The second-order valence-corrected chi connectivity index (χ2v) is 5.55. The number of hydrogen-bond donors (Lipinski definition) is 1. The lowest BCUT2D eigenvalue weighted by atomic mass is 9.89. The number of hydrogen-bond acceptors (Lipinski definition) is 2. The van der Waals surface area contributed by atoms with E-state index in [9.17, 15) is 0 Å². The number of rotatable bonds is 3. The van der Waals surface area contributed by atoms with Gasteiger partial charge in [-0.1, -0.05) is 13.8 Å². The fourth-order valence-corrected chi connectivity index (χ4v) is 2.97. The van der Waals surface area contributed by atoms with Crippen molar-refractivity contribution in [2.75, 3.05) is 13.2 Å². The van der Waals surface area contributed by atoms with Gasteiger partial charge in [-0.15, -0.1) is 0 Å². The molecule has 2 atom stereocenters. The van der Waals surface area contributed by atoms with Crippen molar-refractivity contribution < 1.29 is 4.74 Å². The van der Waals surface area contributed by atoms with E-state index in [0.717, 1.165) is 31.0 Å². The highest BCUT2D eigenvalue weighted by Gasteiger charge is 2.52. The van der Waals surface area contributed by atoms with Gasteiger partial charge in [-0.2, -0.15) is 0 Å². The van der Waals surface area contributed by atoms with Crippen LogP contribution in [0.2, 0.25) is 0 Å². The van der Waals surface area contributed by atoms with Crippen LogP contribution in [0.4, 0.5) is 0 Å². The van der Waals surface area contributed by atoms with Crippen LogP contribution in [-0.2, 0) is 4.74 Å². The van der Waals surface area contributed by atoms with E-state index < -0.39 is 0 Å². The molecule has 0 aromatic rings. The Hall–Kier alpha value is -0.0800. The second kappa shape index (κ2) is 3.82. The standard InChI is InChI=1S/C12H23NO/c1-9(2)11-8-12(11,13)7-10-3-5-14-6-4-10/h9-11H,3-8,13H2,1-2H3. The van der Waals surface area contributed by atoms with Gasteiger partial charge in [-0.05, 0) is 43.4 Å². The highest BCUT2D eigenvalue weighted by atomic mass is 16.5. The fourth-order valence-electron chi connectivity index (χ4n) is 2.97. The first-order valence-corrected chi connectivity index (χ1v) is 5.98. The average molecular weight is 197 g/mol. The predicted octanol–water partition coefficient (Wildman–Crippen LogP) is 2.18. The molecule has 1 aliphatic heterocycles. The maximum atomic E-state index is 6.38. The lowest BCUT2D eigenvalue weighted by molar-refractivity contribution is 0.0601. The maximum Gasteiger partial charge on any atom is 0.0468 e. The Balaban J connectivity index is 1.80. The van der Waals surface area contributed by atoms with Crippen LogP contribution < -0.4 is 5.73 Å². The van der Waals surface area contributed by atoms with Crippen LogP contribution in [0.25, 0.3) is 0 Å². The molecule has 82 valence electrons. The van der Waals surface area contributed by atoms with Crippen LogP contribution in [0.1, 0.15) is 39.5 Å². The van der Waals surface area contributed by atoms with Crippen LogP contribution in [0.3, 0.4) is 0 Å². The summed E-state index contributed by atoms with van der Waals surface area (Å²) < 4.78 is 5.37. The Morgan fingerprint density at radius 2 is 2.00 bits per heavy atom. The minimum atomic E-state index is 0.191. The zero-order chi connectivity index (χ0) is 10.2. The fraction of sp³-hybridized carbons (Fsp3) is 1.00. The number of ether oxygens (including phenoxy) is 1. The van der Waals surface area contributed by atoms with Crippen molar-refractivity contribution in [3.8, 4) is 0 Å². The minimum absolute atomic E-state index is 0.191. The summed E-state index contributed by atoms with van der Waals surface area (Å²) in [6, 6.07) is 0. The van der Waals surface area contributed by atoms with Crippen molar-refractivity contribution in [2.24, 2.45) is 23.5 Å². The Labute approximate surface area is 87.2 Å². The molecular weight excluding hydrogens is 174 g/mol. The van der Waals surface area contributed by atoms with Gasteiger partial charge in [0.05, 0.1) is 0 Å². The van der Waals surface area contributed by atoms with Gasteiger partial charge in [0.2, 0.25) is 0 Å². The third-order valence-electron chi connectivity index (χ3n) is 3.99. The summed E-state index contributed by atoms with van der Waals surface area (Å²) in [6.07, 6.45) is 4.94. The van der Waals surface area contributed by atoms with Crippen LogP contribution in [-0.4, -0.2) is 18.8 Å². The van der Waals surface area contributed by atoms with E-state index in [1.54, 1.807) is 0 Å². The highest BCUT2D eigenvalue weighted by Crippen LogP contribution is 2.50. The molecule has 0 amide bonds. The van der Waals surface area contributed by atoms with Gasteiger partial charge in [-0.25, -0.2) is 0 Å². The van der Waals surface area contributed by atoms with Crippen LogP contribution in [0.5, 0.6) is 0 Å². The van der Waals surface area contributed by atoms with Gasteiger partial charge >= 0.3 is 0 Å². The molecule has 2 rings (SSSR count). The molecule has 2 N–H and O–H groups in total. The van der Waals surface area contributed by atoms with Gasteiger partial charge in [0.25, 0.3) is 0 Å². The molecule has 2 aliphatic rings. The van der Waals surface area contributed by atoms with Gasteiger partial charge < -0.3 is 10.5 Å². The van der Waals surface area contributed by atoms with E-state index in [-0.39, 0.29) is 5.54 Å². The Morgan fingerprint density at radius 1 is 1.36 bits per heavy atom. The van der Waals surface area contributed by atoms with Crippen molar-refractivity contribution in [1.82, 2.24) is 0 Å². The Morgan fingerprint density at radius 3 is 2.50 bits per heavy atom. The van der Waals surface area contributed by atoms with Gasteiger partial charge in [0.15, 0.2) is 0 Å². The largest absolute Gasteiger partial charge is 0.381 e. The summed E-state index contributed by atoms with van der Waals surface area (Å²) in [7, 11) is 0. The van der Waals surface area contributed by atoms with Crippen molar-refractivity contribution in [3.63, 3.8) is 0 Å². The summed E-state index contributed by atoms with van der Waals surface area (Å²) >= 11 is 0. The molecule has 0 spiro atoms. The summed E-state index contributed by atoms with van der Waals surface area (Å²) in [5.41, 5.74) is 6.57. The first-order valence-electron chi connectivity index (χ1n) is 5.98. The summed E-state index contributed by atoms with van der Waals surface area (Å²) in [4.78, 5) is 0. The molecule has 0 aromatic heterocycles. The molecule has 0 radical (unpaired) electrons. The molecule has 2 nitrogen and oxygen atoms in total. The normalized spacial score (nSPS) is 39.0. The van der Waals surface area contributed by atoms with Gasteiger partial charge in [0.1, 0.15) is 0 Å². The molecule has 2 unspecified atom stereocenters. The first-order chi connectivity index (χ1) is 6.62. The van der Waals surface area contributed by atoms with Crippen LogP contribution in [0, 0.1) is 17.8 Å². The summed E-state index contributed by atoms with van der Waals surface area (Å²) in [5.74, 6) is 2.38. The quantitative estimate of drug-likeness (QED) is 0.752. The lowest BCUT2D eigenvalue weighted by Gasteiger charge is -2.25. The SMILES string of the molecule is CC(C)C1CC1(N)CC1CCOCC1. The Bertz CT molecular complexity index is 198. The number of nitrogens with two attached hydrogens (primary N) is 1. The summed E-state index contributed by atoms with van der Waals surface area (Å²) in [5, 5.41) is 0. The molecule has 1 saturated heterocycles. The van der Waals surface area contributed by atoms with E-state index >= 15 is 0 Å². The van der Waals surface area contributed by atoms with E-state index in [1.807, 2.05) is 0 Å². The molecule has 0 aromatic carbocycles. The van der Waals surface area contributed by atoms with Crippen LogP contribution in [0.15, 0.2) is 0 Å². The predicted molar refractivity (Wildman–Crippen MR) is 58.0 cm³/mol. The third-order valence-corrected chi connectivity index (χ3v) is 3.99. The van der Waals surface area contributed by atoms with Gasteiger partial charge in [0, 0.05) is 18.8 Å². The van der Waals surface area contributed by atoms with E-state index in [1.165, 1.54) is 25.7 Å². The van der Waals surface area contributed by atoms with Crippen molar-refractivity contribution in [3.05, 3.63) is 0 Å². The zero-order valence-electron chi connectivity index (χ0n) is 9.46. The van der Waals surface area contributed by atoms with Crippen molar-refractivity contribution in [2.45, 2.75) is 45.1 Å². The van der Waals surface area contributed by atoms with E-state index in [2.05, 4.69) is 13.8 Å². The zero-order valence-corrected chi connectivity index (χ0v) is 9.46. The topological polar surface area (TPSA) is 35.2 Å². The average Bonchev–Trinajstić information content (AvgIpc) is 2.79. The highest BCUT2D eigenvalue weighted by molar-refractivity contribution is 5.09. The molecule has 1 aliphatic carbocycles. The molecule has 1 saturated carbocycles. The molecule has 2 heteroatoms. The maximum absolute atomic E-state index is 6.38. The molecule has 0 bridgehead atoms. The molecule has 1 heterocycles. The first kappa shape index (κ1) is 10.4. The van der Waals surface area contributed by atoms with Crippen LogP contribution >= 0.6 is 0 Å². The smallest absolute Gasteiger partial charge is 0.0468 e. The monoisotopic (exact) mass is 197 g/mol. The second-order valence-electron chi connectivity index (χ2n) is 5.55. The van der Waals surface area contributed by atoms with Crippen molar-refractivity contribution >= 4 is 0 Å². The summed E-state index contributed by atoms with van der Waals surface area (Å²) in [6.45, 7) is 6.49. The van der Waals surface area contributed by atoms with Gasteiger partial charge in [-0.3, -0.25) is 0 Å². The minimum Gasteiger partial charge on any atom is -0.381 e. The third kappa shape index (κ3) is 2.12. The molecular formula is C12H23NO. The molecule has 2 fully saturated rings. The lowest BCUT2D eigenvalue weighted by Crippen LogP contribution is -2.31. The van der Waals surface area contributed by atoms with E-state index in [4.69, 9.17) is 10.5 Å². The Kier molecular flexibility index (Phi) is 2.85. The molecule has 14 heavy (non-hydrogen) atoms. The van der Waals surface area contributed by atoms with Crippen molar-refractivity contribution in [1.29, 1.82) is 0 Å².